The summed E-state index contributed by atoms with van der Waals surface area (Å²) in [5, 5.41) is -1.78. The summed E-state index contributed by atoms with van der Waals surface area (Å²) < 4.78 is 35.5. The average Bonchev–Trinajstić information content (AvgIpc) is 1.95. The first-order valence-corrected chi connectivity index (χ1v) is 4.48. The highest BCUT2D eigenvalue weighted by Gasteiger charge is 2.37. The highest BCUT2D eigenvalue weighted by atomic mass is 35.5. The number of unbranched alkanes of at least 4 members (excludes halogenated alkanes) is 1. The van der Waals surface area contributed by atoms with Crippen LogP contribution in [-0.4, -0.2) is 17.3 Å². The molecule has 0 heterocycles. The normalized spacial score (nSPS) is 14.2. The van der Waals surface area contributed by atoms with Gasteiger partial charge in [0.05, 0.1) is 0 Å². The van der Waals surface area contributed by atoms with Crippen molar-refractivity contribution in [3.05, 3.63) is 0 Å². The maximum absolute atomic E-state index is 11.8. The van der Waals surface area contributed by atoms with Crippen molar-refractivity contribution in [1.82, 2.24) is 0 Å². The van der Waals surface area contributed by atoms with Crippen molar-refractivity contribution in [3.8, 4) is 0 Å². The summed E-state index contributed by atoms with van der Waals surface area (Å²) in [6.07, 6.45) is -3.28. The molecule has 1 nitrogen and oxygen atoms in total. The number of ketones is 1. The standard InChI is InChI=1S/C8H12ClF3O/c1-6(13)4-2-3-5-7(9)8(10,11)12/h7H,2-5H2,1H3/t7-/m0/s1. The predicted octanol–water partition coefficient (Wildman–Crippen LogP) is 3.31. The van der Waals surface area contributed by atoms with Gasteiger partial charge in [0.25, 0.3) is 0 Å². The molecule has 0 amide bonds. The Morgan fingerprint density at radius 1 is 1.38 bits per heavy atom. The smallest absolute Gasteiger partial charge is 0.300 e. The molecular formula is C8H12ClF3O. The predicted molar refractivity (Wildman–Crippen MR) is 44.8 cm³/mol. The molecule has 0 fully saturated rings. The van der Waals surface area contributed by atoms with Gasteiger partial charge in [-0.05, 0) is 19.8 Å². The van der Waals surface area contributed by atoms with Gasteiger partial charge in [0.1, 0.15) is 11.2 Å². The van der Waals surface area contributed by atoms with E-state index in [9.17, 15) is 18.0 Å². The minimum atomic E-state index is -4.32. The number of rotatable bonds is 5. The monoisotopic (exact) mass is 216 g/mol. The Hall–Kier alpha value is -0.250. The van der Waals surface area contributed by atoms with E-state index >= 15 is 0 Å². The second kappa shape index (κ2) is 5.47. The Bertz CT molecular complexity index is 167. The van der Waals surface area contributed by atoms with Crippen LogP contribution in [0.15, 0.2) is 0 Å². The molecule has 0 saturated carbocycles. The highest BCUT2D eigenvalue weighted by Crippen LogP contribution is 2.28. The number of carbonyl (C=O) groups excluding carboxylic acids is 1. The van der Waals surface area contributed by atoms with Crippen molar-refractivity contribution in [1.29, 1.82) is 0 Å². The summed E-state index contributed by atoms with van der Waals surface area (Å²) in [4.78, 5) is 10.4. The zero-order chi connectivity index (χ0) is 10.5. The van der Waals surface area contributed by atoms with Gasteiger partial charge in [0.15, 0.2) is 0 Å². The van der Waals surface area contributed by atoms with E-state index in [1.54, 1.807) is 0 Å². The zero-order valence-corrected chi connectivity index (χ0v) is 8.08. The fraction of sp³-hybridized carbons (Fsp3) is 0.875. The molecule has 0 aliphatic rings. The van der Waals surface area contributed by atoms with Crippen molar-refractivity contribution < 1.29 is 18.0 Å². The molecule has 0 radical (unpaired) electrons. The Morgan fingerprint density at radius 3 is 2.31 bits per heavy atom. The first-order chi connectivity index (χ1) is 5.84. The Kier molecular flexibility index (Phi) is 5.37. The van der Waals surface area contributed by atoms with Gasteiger partial charge in [-0.15, -0.1) is 11.6 Å². The minimum absolute atomic E-state index is 0.00173. The van der Waals surface area contributed by atoms with Crippen LogP contribution in [0.4, 0.5) is 13.2 Å². The van der Waals surface area contributed by atoms with E-state index in [0.29, 0.717) is 19.3 Å². The minimum Gasteiger partial charge on any atom is -0.300 e. The van der Waals surface area contributed by atoms with Gasteiger partial charge in [-0.3, -0.25) is 0 Å². The maximum atomic E-state index is 11.8. The Balaban J connectivity index is 3.49. The molecule has 0 saturated heterocycles. The van der Waals surface area contributed by atoms with Crippen molar-refractivity contribution >= 4 is 17.4 Å². The van der Waals surface area contributed by atoms with Gasteiger partial charge < -0.3 is 4.79 Å². The lowest BCUT2D eigenvalue weighted by molar-refractivity contribution is -0.131. The van der Waals surface area contributed by atoms with Crippen LogP contribution < -0.4 is 0 Å². The van der Waals surface area contributed by atoms with Crippen LogP contribution in [0.2, 0.25) is 0 Å². The van der Waals surface area contributed by atoms with E-state index in [1.165, 1.54) is 6.92 Å². The van der Waals surface area contributed by atoms with Crippen molar-refractivity contribution in [2.24, 2.45) is 0 Å². The van der Waals surface area contributed by atoms with Gasteiger partial charge in [-0.2, -0.15) is 13.2 Å². The lowest BCUT2D eigenvalue weighted by atomic mass is 10.1. The van der Waals surface area contributed by atoms with Gasteiger partial charge in [-0.1, -0.05) is 6.42 Å². The number of alkyl halides is 4. The summed E-state index contributed by atoms with van der Waals surface area (Å²) in [5.41, 5.74) is 0. The Labute approximate surface area is 80.3 Å². The highest BCUT2D eigenvalue weighted by molar-refractivity contribution is 6.21. The lowest BCUT2D eigenvalue weighted by Gasteiger charge is -2.12. The molecule has 0 spiro atoms. The molecule has 13 heavy (non-hydrogen) atoms. The van der Waals surface area contributed by atoms with E-state index in [2.05, 4.69) is 0 Å². The van der Waals surface area contributed by atoms with Crippen molar-refractivity contribution in [2.75, 3.05) is 0 Å². The molecule has 1 atom stereocenters. The fourth-order valence-electron chi connectivity index (χ4n) is 0.861. The first-order valence-electron chi connectivity index (χ1n) is 4.04. The number of hydrogen-bond donors (Lipinski definition) is 0. The van der Waals surface area contributed by atoms with E-state index in [1.807, 2.05) is 0 Å². The number of Topliss-reactive ketones (excluding diaryl/α,β-unsaturated/α-hetero) is 1. The molecule has 0 rings (SSSR count). The second-order valence-electron chi connectivity index (χ2n) is 2.96. The molecule has 0 N–H and O–H groups in total. The van der Waals surface area contributed by atoms with E-state index in [-0.39, 0.29) is 12.2 Å². The van der Waals surface area contributed by atoms with Gasteiger partial charge in [0, 0.05) is 6.42 Å². The van der Waals surface area contributed by atoms with Crippen molar-refractivity contribution in [2.45, 2.75) is 44.2 Å². The molecule has 0 aromatic carbocycles. The van der Waals surface area contributed by atoms with E-state index in [0.717, 1.165) is 0 Å². The fourth-order valence-corrected chi connectivity index (χ4v) is 1.02. The largest absolute Gasteiger partial charge is 0.404 e. The van der Waals surface area contributed by atoms with Crippen LogP contribution in [0.25, 0.3) is 0 Å². The van der Waals surface area contributed by atoms with Crippen LogP contribution in [0.3, 0.4) is 0 Å². The summed E-state index contributed by atoms with van der Waals surface area (Å²) >= 11 is 5.06. The average molecular weight is 217 g/mol. The SMILES string of the molecule is CC(=O)CCCC[C@H](Cl)C(F)(F)F. The molecule has 78 valence electrons. The second-order valence-corrected chi connectivity index (χ2v) is 3.48. The third-order valence-corrected chi connectivity index (χ3v) is 2.06. The van der Waals surface area contributed by atoms with Gasteiger partial charge >= 0.3 is 6.18 Å². The third kappa shape index (κ3) is 6.87. The van der Waals surface area contributed by atoms with Crippen LogP contribution in [-0.2, 0) is 4.79 Å². The van der Waals surface area contributed by atoms with Crippen LogP contribution in [0.1, 0.15) is 32.6 Å². The van der Waals surface area contributed by atoms with Crippen LogP contribution in [0, 0.1) is 0 Å². The maximum Gasteiger partial charge on any atom is 0.404 e. The molecule has 5 heteroatoms. The summed E-state index contributed by atoms with van der Waals surface area (Å²) in [7, 11) is 0. The molecule has 0 unspecified atom stereocenters. The van der Waals surface area contributed by atoms with Crippen LogP contribution >= 0.6 is 11.6 Å². The first kappa shape index (κ1) is 12.8. The zero-order valence-electron chi connectivity index (χ0n) is 7.33. The Morgan fingerprint density at radius 2 is 1.92 bits per heavy atom. The molecule has 0 bridgehead atoms. The van der Waals surface area contributed by atoms with Gasteiger partial charge in [0.2, 0.25) is 0 Å². The lowest BCUT2D eigenvalue weighted by Crippen LogP contribution is -2.22. The van der Waals surface area contributed by atoms with Crippen molar-refractivity contribution in [3.63, 3.8) is 0 Å². The van der Waals surface area contributed by atoms with Crippen LogP contribution in [0.5, 0.6) is 0 Å². The summed E-state index contributed by atoms with van der Waals surface area (Å²) in [6, 6.07) is 0. The van der Waals surface area contributed by atoms with E-state index in [4.69, 9.17) is 11.6 Å². The number of halogens is 4. The number of hydrogen-bond acceptors (Lipinski definition) is 1. The molecule has 0 aromatic heterocycles. The molecule has 0 aliphatic carbocycles. The number of carbonyl (C=O) groups is 1. The summed E-state index contributed by atoms with van der Waals surface area (Å²) in [5.74, 6) is -0.00173. The quantitative estimate of drug-likeness (QED) is 0.509. The molecular weight excluding hydrogens is 205 g/mol. The van der Waals surface area contributed by atoms with Gasteiger partial charge in [-0.25, -0.2) is 0 Å². The summed E-state index contributed by atoms with van der Waals surface area (Å²) in [6.45, 7) is 1.42. The topological polar surface area (TPSA) is 17.1 Å². The molecule has 0 aliphatic heterocycles. The molecule has 0 aromatic rings. The van der Waals surface area contributed by atoms with E-state index < -0.39 is 11.6 Å². The third-order valence-electron chi connectivity index (χ3n) is 1.59.